The SMILES string of the molecule is C[C@]12CC[C@H]3[C@@H](CCC4=CC(=O)CC[C@@H]43)[C@@H]1C[C@H]1O[C@H](c3ccc(Br)cc3)O[C@]12C(=O)CF. The summed E-state index contributed by atoms with van der Waals surface area (Å²) < 4.78 is 28.0. The number of benzene rings is 1. The van der Waals surface area contributed by atoms with E-state index in [1.165, 1.54) is 5.57 Å². The van der Waals surface area contributed by atoms with Crippen molar-refractivity contribution in [3.8, 4) is 0 Å². The van der Waals surface area contributed by atoms with Crippen LogP contribution < -0.4 is 0 Å². The molecule has 6 heteroatoms. The van der Waals surface area contributed by atoms with Crippen LogP contribution in [-0.4, -0.2) is 29.9 Å². The van der Waals surface area contributed by atoms with Gasteiger partial charge in [-0.15, -0.1) is 0 Å². The van der Waals surface area contributed by atoms with Gasteiger partial charge in [-0.2, -0.15) is 0 Å². The van der Waals surface area contributed by atoms with Crippen molar-refractivity contribution in [3.05, 3.63) is 46.0 Å². The van der Waals surface area contributed by atoms with Crippen LogP contribution in [0, 0.1) is 29.1 Å². The number of halogens is 2. The normalized spacial score (nSPS) is 43.8. The zero-order valence-electron chi connectivity index (χ0n) is 18.9. The predicted octanol–water partition coefficient (Wildman–Crippen LogP) is 5.89. The van der Waals surface area contributed by atoms with Crippen LogP contribution in [-0.2, 0) is 19.1 Å². The van der Waals surface area contributed by atoms with E-state index in [1.54, 1.807) is 0 Å². The molecule has 33 heavy (non-hydrogen) atoms. The molecule has 1 aliphatic heterocycles. The van der Waals surface area contributed by atoms with Gasteiger partial charge in [0, 0.05) is 21.9 Å². The van der Waals surface area contributed by atoms with E-state index in [0.717, 1.165) is 48.6 Å². The summed E-state index contributed by atoms with van der Waals surface area (Å²) in [4.78, 5) is 25.3. The molecule has 5 aliphatic rings. The molecule has 4 fully saturated rings. The molecule has 0 unspecified atom stereocenters. The first kappa shape index (κ1) is 22.1. The van der Waals surface area contributed by atoms with Gasteiger partial charge in [-0.3, -0.25) is 9.59 Å². The fourth-order valence-corrected chi connectivity index (χ4v) is 8.56. The summed E-state index contributed by atoms with van der Waals surface area (Å²) in [6.07, 6.45) is 6.98. The lowest BCUT2D eigenvalue weighted by Crippen LogP contribution is -2.59. The molecule has 6 rings (SSSR count). The lowest BCUT2D eigenvalue weighted by molar-refractivity contribution is -0.184. The van der Waals surface area contributed by atoms with Gasteiger partial charge in [-0.1, -0.05) is 40.6 Å². The molecule has 0 N–H and O–H groups in total. The molecule has 8 atom stereocenters. The first-order chi connectivity index (χ1) is 15.9. The average Bonchev–Trinajstić information content (AvgIpc) is 3.31. The van der Waals surface area contributed by atoms with Crippen LogP contribution in [0.1, 0.15) is 63.7 Å². The Balaban J connectivity index is 1.34. The summed E-state index contributed by atoms with van der Waals surface area (Å²) in [7, 11) is 0. The van der Waals surface area contributed by atoms with Crippen LogP contribution in [0.3, 0.4) is 0 Å². The molecule has 1 heterocycles. The van der Waals surface area contributed by atoms with Crippen LogP contribution >= 0.6 is 15.9 Å². The van der Waals surface area contributed by atoms with E-state index >= 15 is 0 Å². The van der Waals surface area contributed by atoms with E-state index in [9.17, 15) is 14.0 Å². The second-order valence-electron chi connectivity index (χ2n) is 10.9. The molecule has 176 valence electrons. The molecule has 0 bridgehead atoms. The van der Waals surface area contributed by atoms with E-state index in [-0.39, 0.29) is 11.7 Å². The predicted molar refractivity (Wildman–Crippen MR) is 124 cm³/mol. The van der Waals surface area contributed by atoms with Crippen LogP contribution in [0.25, 0.3) is 0 Å². The van der Waals surface area contributed by atoms with Gasteiger partial charge in [0.25, 0.3) is 0 Å². The first-order valence-electron chi connectivity index (χ1n) is 12.3. The summed E-state index contributed by atoms with van der Waals surface area (Å²) in [5, 5.41) is 0. The van der Waals surface area contributed by atoms with Crippen molar-refractivity contribution in [1.29, 1.82) is 0 Å². The minimum Gasteiger partial charge on any atom is -0.342 e. The molecule has 1 saturated heterocycles. The highest BCUT2D eigenvalue weighted by atomic mass is 79.9. The molecule has 0 spiro atoms. The van der Waals surface area contributed by atoms with Gasteiger partial charge in [0.15, 0.2) is 30.1 Å². The lowest BCUT2D eigenvalue weighted by atomic mass is 9.50. The number of Topliss-reactive ketones (excluding diaryl/α,β-unsaturated/α-hetero) is 1. The lowest BCUT2D eigenvalue weighted by Gasteiger charge is -2.55. The summed E-state index contributed by atoms with van der Waals surface area (Å²) in [6.45, 7) is 1.13. The van der Waals surface area contributed by atoms with Gasteiger partial charge in [-0.05, 0) is 80.4 Å². The van der Waals surface area contributed by atoms with Gasteiger partial charge < -0.3 is 9.47 Å². The number of hydrogen-bond acceptors (Lipinski definition) is 4. The second kappa shape index (κ2) is 7.82. The van der Waals surface area contributed by atoms with Crippen molar-refractivity contribution in [2.45, 2.75) is 69.9 Å². The quantitative estimate of drug-likeness (QED) is 0.502. The number of alkyl halides is 1. The van der Waals surface area contributed by atoms with Gasteiger partial charge in [0.05, 0.1) is 6.10 Å². The number of ether oxygens (including phenoxy) is 2. The van der Waals surface area contributed by atoms with E-state index in [0.29, 0.717) is 24.2 Å². The molecule has 4 nitrogen and oxygen atoms in total. The third-order valence-corrected chi connectivity index (χ3v) is 10.2. The van der Waals surface area contributed by atoms with Crippen molar-refractivity contribution >= 4 is 27.5 Å². The maximum Gasteiger partial charge on any atom is 0.198 e. The number of rotatable bonds is 3. The highest BCUT2D eigenvalue weighted by molar-refractivity contribution is 9.10. The second-order valence-corrected chi connectivity index (χ2v) is 11.8. The molecule has 1 aromatic rings. The maximum atomic E-state index is 14.0. The van der Waals surface area contributed by atoms with E-state index < -0.39 is 35.9 Å². The summed E-state index contributed by atoms with van der Waals surface area (Å²) in [5.74, 6) is 1.56. The monoisotopic (exact) mass is 516 g/mol. The van der Waals surface area contributed by atoms with E-state index in [4.69, 9.17) is 9.47 Å². The van der Waals surface area contributed by atoms with E-state index in [1.807, 2.05) is 30.3 Å². The van der Waals surface area contributed by atoms with Crippen LogP contribution in [0.2, 0.25) is 0 Å². The molecule has 0 radical (unpaired) electrons. The molecule has 0 amide bonds. The Bertz CT molecular complexity index is 1020. The van der Waals surface area contributed by atoms with Crippen molar-refractivity contribution < 1.29 is 23.5 Å². The zero-order valence-corrected chi connectivity index (χ0v) is 20.5. The molecule has 0 aromatic heterocycles. The highest BCUT2D eigenvalue weighted by Crippen LogP contribution is 2.69. The Morgan fingerprint density at radius 1 is 1.15 bits per heavy atom. The molecule has 4 aliphatic carbocycles. The number of fused-ring (bicyclic) bond motifs is 7. The van der Waals surface area contributed by atoms with Crippen molar-refractivity contribution in [1.82, 2.24) is 0 Å². The standard InChI is InChI=1S/C27H30BrFO4/c1-26-11-10-20-19-9-7-18(30)12-16(19)4-8-21(20)22(26)13-24-27(26,23(31)14-29)33-25(32-24)15-2-5-17(28)6-3-15/h2-3,5-6,12,19-22,24-25H,4,7-11,13-14H2,1H3/t19-,20+,21+,22-,24+,25-,26-,27+/m0/s1. The molecular weight excluding hydrogens is 487 g/mol. The molecule has 1 aromatic carbocycles. The fraction of sp³-hybridized carbons (Fsp3) is 0.630. The Kier molecular flexibility index (Phi) is 5.24. The van der Waals surface area contributed by atoms with Gasteiger partial charge in [0.1, 0.15) is 0 Å². The van der Waals surface area contributed by atoms with Gasteiger partial charge in [0.2, 0.25) is 0 Å². The van der Waals surface area contributed by atoms with Gasteiger partial charge in [-0.25, -0.2) is 4.39 Å². The molecular formula is C27H30BrFO4. The summed E-state index contributed by atoms with van der Waals surface area (Å²) >= 11 is 3.45. The summed E-state index contributed by atoms with van der Waals surface area (Å²) in [5.41, 5.74) is 0.518. The molecule has 3 saturated carbocycles. The largest absolute Gasteiger partial charge is 0.342 e. The third kappa shape index (κ3) is 3.06. The van der Waals surface area contributed by atoms with Crippen molar-refractivity contribution in [2.75, 3.05) is 6.67 Å². The van der Waals surface area contributed by atoms with Crippen molar-refractivity contribution in [2.24, 2.45) is 29.1 Å². The van der Waals surface area contributed by atoms with Crippen LogP contribution in [0.5, 0.6) is 0 Å². The fourth-order valence-electron chi connectivity index (χ4n) is 8.30. The Morgan fingerprint density at radius 2 is 1.94 bits per heavy atom. The number of allylic oxidation sites excluding steroid dienone is 1. The first-order valence-corrected chi connectivity index (χ1v) is 13.1. The smallest absolute Gasteiger partial charge is 0.198 e. The summed E-state index contributed by atoms with van der Waals surface area (Å²) in [6, 6.07) is 7.72. The number of ketones is 2. The van der Waals surface area contributed by atoms with Crippen LogP contribution in [0.15, 0.2) is 40.4 Å². The average molecular weight is 517 g/mol. The number of carbonyl (C=O) groups excluding carboxylic acids is 2. The number of carbonyl (C=O) groups is 2. The van der Waals surface area contributed by atoms with Gasteiger partial charge >= 0.3 is 0 Å². The van der Waals surface area contributed by atoms with Crippen LogP contribution in [0.4, 0.5) is 4.39 Å². The Hall–Kier alpha value is -1.37. The highest BCUT2D eigenvalue weighted by Gasteiger charge is 2.74. The number of hydrogen-bond donors (Lipinski definition) is 0. The zero-order chi connectivity index (χ0) is 23.0. The topological polar surface area (TPSA) is 52.6 Å². The van der Waals surface area contributed by atoms with Crippen molar-refractivity contribution in [3.63, 3.8) is 0 Å². The maximum absolute atomic E-state index is 14.0. The minimum absolute atomic E-state index is 0.266. The Labute approximate surface area is 202 Å². The minimum atomic E-state index is -1.23. The third-order valence-electron chi connectivity index (χ3n) is 9.72. The van der Waals surface area contributed by atoms with E-state index in [2.05, 4.69) is 22.9 Å². The Morgan fingerprint density at radius 3 is 2.70 bits per heavy atom.